The van der Waals surface area contributed by atoms with Gasteiger partial charge in [-0.1, -0.05) is 79.4 Å². The molecule has 0 aromatic rings. The number of hydrogen-bond donors (Lipinski definition) is 0. The van der Waals surface area contributed by atoms with Crippen molar-refractivity contribution in [1.82, 2.24) is 0 Å². The van der Waals surface area contributed by atoms with Crippen LogP contribution in [-0.4, -0.2) is 12.1 Å². The Morgan fingerprint density at radius 2 is 1.76 bits per heavy atom. The van der Waals surface area contributed by atoms with E-state index in [4.69, 9.17) is 4.74 Å². The smallest absolute Gasteiger partial charge is 0.308 e. The van der Waals surface area contributed by atoms with Gasteiger partial charge in [-0.25, -0.2) is 0 Å². The zero-order valence-electron chi connectivity index (χ0n) is 22.8. The van der Waals surface area contributed by atoms with Crippen molar-refractivity contribution >= 4 is 5.97 Å². The highest BCUT2D eigenvalue weighted by Gasteiger charge is 2.59. The lowest BCUT2D eigenvalue weighted by Crippen LogP contribution is -2.51. The zero-order valence-corrected chi connectivity index (χ0v) is 22.8. The van der Waals surface area contributed by atoms with Gasteiger partial charge in [0.2, 0.25) is 0 Å². The Kier molecular flexibility index (Phi) is 7.43. The van der Waals surface area contributed by atoms with Crippen LogP contribution < -0.4 is 0 Å². The maximum Gasteiger partial charge on any atom is 0.308 e. The van der Waals surface area contributed by atoms with E-state index in [1.54, 1.807) is 5.57 Å². The van der Waals surface area contributed by atoms with Crippen molar-refractivity contribution in [1.29, 1.82) is 0 Å². The fourth-order valence-electron chi connectivity index (χ4n) is 9.05. The highest BCUT2D eigenvalue weighted by atomic mass is 16.5. The van der Waals surface area contributed by atoms with Crippen LogP contribution in [-0.2, 0) is 9.53 Å². The second kappa shape index (κ2) is 9.69. The highest BCUT2D eigenvalue weighted by molar-refractivity contribution is 5.71. The number of hydrogen-bond acceptors (Lipinski definition) is 2. The third-order valence-corrected chi connectivity index (χ3v) is 11.0. The summed E-state index contributed by atoms with van der Waals surface area (Å²) in [6.45, 7) is 16.5. The largest absolute Gasteiger partial charge is 0.462 e. The van der Waals surface area contributed by atoms with Gasteiger partial charge in [-0.15, -0.1) is 0 Å². The molecule has 6 unspecified atom stereocenters. The van der Waals surface area contributed by atoms with Crippen LogP contribution in [0.25, 0.3) is 0 Å². The number of ether oxygens (including phenoxy) is 1. The molecule has 0 saturated heterocycles. The third kappa shape index (κ3) is 4.71. The summed E-state index contributed by atoms with van der Waals surface area (Å²) in [5.41, 5.74) is 2.52. The van der Waals surface area contributed by atoms with Crippen LogP contribution in [0.4, 0.5) is 0 Å². The Morgan fingerprint density at radius 3 is 2.45 bits per heavy atom. The molecule has 4 aliphatic rings. The Hall–Kier alpha value is -0.790. The number of carbonyl (C=O) groups is 1. The van der Waals surface area contributed by atoms with E-state index < -0.39 is 0 Å². The number of rotatable bonds is 7. The molecule has 2 heteroatoms. The predicted octanol–water partition coefficient (Wildman–Crippen LogP) is 8.60. The van der Waals surface area contributed by atoms with Crippen LogP contribution in [0.5, 0.6) is 0 Å². The lowest BCUT2D eigenvalue weighted by Gasteiger charge is -2.58. The molecule has 4 aliphatic carbocycles. The molecule has 3 fully saturated rings. The SMILES string of the molecule is CC(C)CCCC(C)C1CCC2C3CC=C4CC(OC(=O)C(C)C)CC[C@]4(C)C3CC[C@]12C. The summed E-state index contributed by atoms with van der Waals surface area (Å²) in [4.78, 5) is 12.2. The summed E-state index contributed by atoms with van der Waals surface area (Å²) in [6, 6.07) is 0. The molecule has 4 rings (SSSR count). The van der Waals surface area contributed by atoms with Crippen LogP contribution in [0.3, 0.4) is 0 Å². The van der Waals surface area contributed by atoms with E-state index >= 15 is 0 Å². The topological polar surface area (TPSA) is 26.3 Å². The van der Waals surface area contributed by atoms with Crippen molar-refractivity contribution in [2.45, 2.75) is 125 Å². The van der Waals surface area contributed by atoms with Crippen molar-refractivity contribution in [3.05, 3.63) is 11.6 Å². The van der Waals surface area contributed by atoms with E-state index in [1.165, 1.54) is 57.8 Å². The molecule has 0 aliphatic heterocycles. The van der Waals surface area contributed by atoms with Crippen molar-refractivity contribution < 1.29 is 9.53 Å². The number of esters is 1. The zero-order chi connectivity index (χ0) is 24.0. The van der Waals surface area contributed by atoms with Crippen molar-refractivity contribution in [2.24, 2.45) is 52.3 Å². The standard InChI is InChI=1S/C31H52O2/c1-20(2)9-8-10-22(5)26-13-14-27-25-12-11-23-19-24(33-29(32)21(3)4)15-17-30(23,6)28(25)16-18-31(26,27)7/h11,20-22,24-28H,8-10,12-19H2,1-7H3/t22?,24?,25?,26?,27?,28?,30-,31+/m0/s1. The van der Waals surface area contributed by atoms with Crippen molar-refractivity contribution in [3.63, 3.8) is 0 Å². The first kappa shape index (κ1) is 25.3. The first-order valence-electron chi connectivity index (χ1n) is 14.5. The normalized spacial score (nSPS) is 41.2. The van der Waals surface area contributed by atoms with Gasteiger partial charge in [-0.2, -0.15) is 0 Å². The number of carbonyl (C=O) groups excluding carboxylic acids is 1. The molecule has 188 valence electrons. The van der Waals surface area contributed by atoms with E-state index in [-0.39, 0.29) is 18.0 Å². The van der Waals surface area contributed by atoms with E-state index in [2.05, 4.69) is 40.7 Å². The molecule has 0 aromatic heterocycles. The van der Waals surface area contributed by atoms with Crippen LogP contribution in [0, 0.1) is 52.3 Å². The van der Waals surface area contributed by atoms with E-state index in [1.807, 2.05) is 13.8 Å². The van der Waals surface area contributed by atoms with Crippen LogP contribution in [0.2, 0.25) is 0 Å². The van der Waals surface area contributed by atoms with E-state index in [0.717, 1.165) is 48.3 Å². The van der Waals surface area contributed by atoms with Crippen LogP contribution in [0.1, 0.15) is 119 Å². The minimum absolute atomic E-state index is 0.0224. The van der Waals surface area contributed by atoms with Gasteiger partial charge in [0.15, 0.2) is 0 Å². The molecule has 8 atom stereocenters. The van der Waals surface area contributed by atoms with Gasteiger partial charge < -0.3 is 4.74 Å². The Labute approximate surface area is 204 Å². The second-order valence-electron chi connectivity index (χ2n) is 13.7. The minimum atomic E-state index is -0.0258. The highest BCUT2D eigenvalue weighted by Crippen LogP contribution is 2.67. The third-order valence-electron chi connectivity index (χ3n) is 11.0. The summed E-state index contributed by atoms with van der Waals surface area (Å²) in [7, 11) is 0. The van der Waals surface area contributed by atoms with Gasteiger partial charge in [0, 0.05) is 6.42 Å². The molecule has 0 spiro atoms. The van der Waals surface area contributed by atoms with Gasteiger partial charge in [0.25, 0.3) is 0 Å². The van der Waals surface area contributed by atoms with Gasteiger partial charge in [0.1, 0.15) is 6.10 Å². The molecule has 33 heavy (non-hydrogen) atoms. The molecular formula is C31H52O2. The maximum absolute atomic E-state index is 12.2. The minimum Gasteiger partial charge on any atom is -0.462 e. The molecule has 0 aromatic carbocycles. The van der Waals surface area contributed by atoms with Gasteiger partial charge in [0.05, 0.1) is 5.92 Å². The Bertz CT molecular complexity index is 735. The quantitative estimate of drug-likeness (QED) is 0.283. The second-order valence-corrected chi connectivity index (χ2v) is 13.7. The van der Waals surface area contributed by atoms with Crippen molar-refractivity contribution in [3.8, 4) is 0 Å². The first-order valence-corrected chi connectivity index (χ1v) is 14.5. The molecule has 0 bridgehead atoms. The summed E-state index contributed by atoms with van der Waals surface area (Å²) in [5.74, 6) is 5.24. The lowest BCUT2D eigenvalue weighted by atomic mass is 9.47. The van der Waals surface area contributed by atoms with E-state index in [9.17, 15) is 4.79 Å². The Balaban J connectivity index is 1.45. The summed E-state index contributed by atoms with van der Waals surface area (Å²) in [5, 5.41) is 0. The fourth-order valence-corrected chi connectivity index (χ4v) is 9.05. The molecule has 0 heterocycles. The average molecular weight is 457 g/mol. The molecule has 2 nitrogen and oxygen atoms in total. The molecular weight excluding hydrogens is 404 g/mol. The monoisotopic (exact) mass is 456 g/mol. The lowest BCUT2D eigenvalue weighted by molar-refractivity contribution is -0.155. The first-order chi connectivity index (χ1) is 15.6. The van der Waals surface area contributed by atoms with Gasteiger partial charge in [-0.05, 0) is 91.3 Å². The molecule has 3 saturated carbocycles. The van der Waals surface area contributed by atoms with Crippen molar-refractivity contribution in [2.75, 3.05) is 0 Å². The van der Waals surface area contributed by atoms with Gasteiger partial charge in [-0.3, -0.25) is 4.79 Å². The Morgan fingerprint density at radius 1 is 1.00 bits per heavy atom. The number of fused-ring (bicyclic) bond motifs is 5. The summed E-state index contributed by atoms with van der Waals surface area (Å²) >= 11 is 0. The average Bonchev–Trinajstić information content (AvgIpc) is 3.11. The van der Waals surface area contributed by atoms with Gasteiger partial charge >= 0.3 is 5.97 Å². The maximum atomic E-state index is 12.2. The predicted molar refractivity (Wildman–Crippen MR) is 138 cm³/mol. The van der Waals surface area contributed by atoms with Crippen LogP contribution in [0.15, 0.2) is 11.6 Å². The number of allylic oxidation sites excluding steroid dienone is 1. The fraction of sp³-hybridized carbons (Fsp3) is 0.903. The summed E-state index contributed by atoms with van der Waals surface area (Å²) in [6.07, 6.45) is 17.2. The van der Waals surface area contributed by atoms with E-state index in [0.29, 0.717) is 10.8 Å². The molecule has 0 amide bonds. The molecule has 0 radical (unpaired) electrons. The summed E-state index contributed by atoms with van der Waals surface area (Å²) < 4.78 is 5.88. The molecule has 0 N–H and O–H groups in total. The van der Waals surface area contributed by atoms with Crippen LogP contribution >= 0.6 is 0 Å².